The maximum Gasteiger partial charge on any atom is 0.228 e. The average molecular weight is 353 g/mol. The van der Waals surface area contributed by atoms with Crippen molar-refractivity contribution in [3.8, 4) is 0 Å². The SMILES string of the molecule is CS(=O)(=O)c1cn[nH]c1[C@@H]1CCCCN1C(=O)Cc1cccs1. The highest BCUT2D eigenvalue weighted by atomic mass is 32.2. The summed E-state index contributed by atoms with van der Waals surface area (Å²) in [5.41, 5.74) is 0.534. The van der Waals surface area contributed by atoms with Gasteiger partial charge in [0.2, 0.25) is 5.91 Å². The summed E-state index contributed by atoms with van der Waals surface area (Å²) < 4.78 is 23.9. The number of hydrogen-bond donors (Lipinski definition) is 1. The minimum atomic E-state index is -3.37. The van der Waals surface area contributed by atoms with E-state index in [-0.39, 0.29) is 16.8 Å². The van der Waals surface area contributed by atoms with Gasteiger partial charge in [0.1, 0.15) is 4.90 Å². The molecule has 2 aromatic rings. The molecular weight excluding hydrogens is 334 g/mol. The fourth-order valence-electron chi connectivity index (χ4n) is 3.01. The molecule has 0 radical (unpaired) electrons. The number of H-pyrrole nitrogens is 1. The zero-order valence-corrected chi connectivity index (χ0v) is 14.5. The first-order valence-corrected chi connectivity index (χ1v) is 10.3. The number of carbonyl (C=O) groups is 1. The predicted octanol–water partition coefficient (Wildman–Crippen LogP) is 2.17. The van der Waals surface area contributed by atoms with Crippen LogP contribution < -0.4 is 0 Å². The molecule has 124 valence electrons. The van der Waals surface area contributed by atoms with Gasteiger partial charge >= 0.3 is 0 Å². The van der Waals surface area contributed by atoms with Crippen LogP contribution >= 0.6 is 11.3 Å². The average Bonchev–Trinajstić information content (AvgIpc) is 3.17. The van der Waals surface area contributed by atoms with Crippen LogP contribution in [0.1, 0.15) is 35.9 Å². The first kappa shape index (κ1) is 16.2. The maximum absolute atomic E-state index is 12.7. The van der Waals surface area contributed by atoms with Gasteiger partial charge in [0.15, 0.2) is 9.84 Å². The minimum absolute atomic E-state index is 0.0335. The number of nitrogens with one attached hydrogen (secondary N) is 1. The van der Waals surface area contributed by atoms with E-state index in [2.05, 4.69) is 10.2 Å². The fraction of sp³-hybridized carbons (Fsp3) is 0.467. The van der Waals surface area contributed by atoms with Crippen molar-refractivity contribution in [2.45, 2.75) is 36.6 Å². The predicted molar refractivity (Wildman–Crippen MR) is 88.0 cm³/mol. The molecule has 23 heavy (non-hydrogen) atoms. The molecule has 1 amide bonds. The van der Waals surface area contributed by atoms with E-state index in [1.807, 2.05) is 17.5 Å². The summed E-state index contributed by atoms with van der Waals surface area (Å²) in [6.45, 7) is 0.650. The Hall–Kier alpha value is -1.67. The minimum Gasteiger partial charge on any atom is -0.334 e. The van der Waals surface area contributed by atoms with Crippen molar-refractivity contribution in [1.29, 1.82) is 0 Å². The number of thiophene rings is 1. The van der Waals surface area contributed by atoms with E-state index in [1.54, 1.807) is 16.2 Å². The van der Waals surface area contributed by atoms with E-state index in [0.717, 1.165) is 24.1 Å². The molecule has 0 bridgehead atoms. The molecule has 1 N–H and O–H groups in total. The number of aromatic amines is 1. The molecule has 0 spiro atoms. The smallest absolute Gasteiger partial charge is 0.228 e. The van der Waals surface area contributed by atoms with Crippen LogP contribution in [0.25, 0.3) is 0 Å². The third-order valence-electron chi connectivity index (χ3n) is 4.09. The summed E-state index contributed by atoms with van der Waals surface area (Å²) in [4.78, 5) is 15.7. The van der Waals surface area contributed by atoms with Crippen molar-refractivity contribution in [1.82, 2.24) is 15.1 Å². The molecule has 0 saturated carbocycles. The molecule has 2 aromatic heterocycles. The molecular formula is C15H19N3O3S2. The Morgan fingerprint density at radius 3 is 3.00 bits per heavy atom. The van der Waals surface area contributed by atoms with Gasteiger partial charge in [-0.2, -0.15) is 5.10 Å². The lowest BCUT2D eigenvalue weighted by molar-refractivity contribution is -0.134. The largest absolute Gasteiger partial charge is 0.334 e. The van der Waals surface area contributed by atoms with Crippen LogP contribution in [-0.2, 0) is 21.1 Å². The number of piperidine rings is 1. The highest BCUT2D eigenvalue weighted by Crippen LogP contribution is 2.33. The molecule has 6 nitrogen and oxygen atoms in total. The van der Waals surface area contributed by atoms with Gasteiger partial charge in [-0.25, -0.2) is 8.42 Å². The van der Waals surface area contributed by atoms with E-state index in [4.69, 9.17) is 0 Å². The van der Waals surface area contributed by atoms with Crippen molar-refractivity contribution >= 4 is 27.1 Å². The first-order valence-electron chi connectivity index (χ1n) is 7.52. The molecule has 0 aromatic carbocycles. The Balaban J connectivity index is 1.87. The molecule has 3 rings (SSSR count). The third-order valence-corrected chi connectivity index (χ3v) is 6.09. The number of amides is 1. The maximum atomic E-state index is 12.7. The van der Waals surface area contributed by atoms with Crippen LogP contribution in [0.4, 0.5) is 0 Å². The molecule has 1 fully saturated rings. The Kier molecular flexibility index (Phi) is 4.54. The number of nitrogens with zero attached hydrogens (tertiary/aromatic N) is 2. The summed E-state index contributed by atoms with van der Waals surface area (Å²) in [6, 6.07) is 3.63. The lowest BCUT2D eigenvalue weighted by atomic mass is 9.99. The summed E-state index contributed by atoms with van der Waals surface area (Å²) in [5.74, 6) is 0.0335. The quantitative estimate of drug-likeness (QED) is 0.913. The van der Waals surface area contributed by atoms with Crippen molar-refractivity contribution < 1.29 is 13.2 Å². The van der Waals surface area contributed by atoms with E-state index in [9.17, 15) is 13.2 Å². The molecule has 1 aliphatic rings. The van der Waals surface area contributed by atoms with Gasteiger partial charge in [-0.15, -0.1) is 11.3 Å². The second-order valence-electron chi connectivity index (χ2n) is 5.77. The van der Waals surface area contributed by atoms with Crippen molar-refractivity contribution in [3.63, 3.8) is 0 Å². The molecule has 1 aliphatic heterocycles. The fourth-order valence-corrected chi connectivity index (χ4v) is 4.53. The van der Waals surface area contributed by atoms with E-state index in [1.165, 1.54) is 12.5 Å². The van der Waals surface area contributed by atoms with Gasteiger partial charge in [-0.05, 0) is 30.7 Å². The zero-order chi connectivity index (χ0) is 16.4. The first-order chi connectivity index (χ1) is 11.0. The normalized spacial score (nSPS) is 19.0. The van der Waals surface area contributed by atoms with Crippen molar-refractivity contribution in [3.05, 3.63) is 34.3 Å². The Morgan fingerprint density at radius 1 is 1.48 bits per heavy atom. The highest BCUT2D eigenvalue weighted by Gasteiger charge is 2.32. The summed E-state index contributed by atoms with van der Waals surface area (Å²) in [5, 5.41) is 8.65. The van der Waals surface area contributed by atoms with Crippen LogP contribution in [-0.4, -0.2) is 42.2 Å². The standard InChI is InChI=1S/C15H19N3O3S2/c1-23(20,21)13-10-16-17-15(13)12-6-2-3-7-18(12)14(19)9-11-5-4-8-22-11/h4-5,8,10,12H,2-3,6-7,9H2,1H3,(H,16,17)/t12-/m0/s1. The lowest BCUT2D eigenvalue weighted by Crippen LogP contribution is -2.39. The van der Waals surface area contributed by atoms with Gasteiger partial charge in [0.25, 0.3) is 0 Å². The number of carbonyl (C=O) groups excluding carboxylic acids is 1. The molecule has 8 heteroatoms. The summed E-state index contributed by atoms with van der Waals surface area (Å²) in [7, 11) is -3.37. The van der Waals surface area contributed by atoms with Crippen LogP contribution in [0.15, 0.2) is 28.6 Å². The molecule has 0 unspecified atom stereocenters. The summed E-state index contributed by atoms with van der Waals surface area (Å²) >= 11 is 1.56. The van der Waals surface area contributed by atoms with E-state index in [0.29, 0.717) is 18.7 Å². The number of aromatic nitrogens is 2. The number of likely N-dealkylation sites (tertiary alicyclic amines) is 1. The van der Waals surface area contributed by atoms with E-state index < -0.39 is 9.84 Å². The second kappa shape index (κ2) is 6.45. The van der Waals surface area contributed by atoms with E-state index >= 15 is 0 Å². The van der Waals surface area contributed by atoms with Crippen LogP contribution in [0.2, 0.25) is 0 Å². The Labute approximate surface area is 139 Å². The lowest BCUT2D eigenvalue weighted by Gasteiger charge is -2.35. The van der Waals surface area contributed by atoms with Crippen molar-refractivity contribution in [2.75, 3.05) is 12.8 Å². The topological polar surface area (TPSA) is 83.1 Å². The molecule has 1 atom stereocenters. The van der Waals surface area contributed by atoms with Gasteiger partial charge in [-0.3, -0.25) is 9.89 Å². The second-order valence-corrected chi connectivity index (χ2v) is 8.79. The molecule has 1 saturated heterocycles. The van der Waals surface area contributed by atoms with Crippen LogP contribution in [0.3, 0.4) is 0 Å². The Bertz CT molecular complexity index is 781. The van der Waals surface area contributed by atoms with Crippen molar-refractivity contribution in [2.24, 2.45) is 0 Å². The number of rotatable bonds is 4. The van der Waals surface area contributed by atoms with Gasteiger partial charge < -0.3 is 4.90 Å². The van der Waals surface area contributed by atoms with Crippen LogP contribution in [0.5, 0.6) is 0 Å². The van der Waals surface area contributed by atoms with Gasteiger partial charge in [0.05, 0.1) is 24.4 Å². The monoisotopic (exact) mass is 353 g/mol. The van der Waals surface area contributed by atoms with Gasteiger partial charge in [0, 0.05) is 17.7 Å². The Morgan fingerprint density at radius 2 is 2.30 bits per heavy atom. The highest BCUT2D eigenvalue weighted by molar-refractivity contribution is 7.90. The summed E-state index contributed by atoms with van der Waals surface area (Å²) in [6.07, 6.45) is 5.52. The zero-order valence-electron chi connectivity index (χ0n) is 12.9. The molecule has 3 heterocycles. The van der Waals surface area contributed by atoms with Crippen LogP contribution in [0, 0.1) is 0 Å². The third kappa shape index (κ3) is 3.48. The molecule has 0 aliphatic carbocycles. The van der Waals surface area contributed by atoms with Gasteiger partial charge in [-0.1, -0.05) is 6.07 Å². The number of hydrogen-bond acceptors (Lipinski definition) is 5. The number of sulfone groups is 1.